The van der Waals surface area contributed by atoms with Crippen molar-refractivity contribution in [1.82, 2.24) is 0 Å². The van der Waals surface area contributed by atoms with E-state index in [4.69, 9.17) is 4.74 Å². The van der Waals surface area contributed by atoms with Crippen LogP contribution in [0.25, 0.3) is 0 Å². The molecule has 0 aliphatic heterocycles. The predicted molar refractivity (Wildman–Crippen MR) is 76.9 cm³/mol. The van der Waals surface area contributed by atoms with Crippen molar-refractivity contribution < 1.29 is 22.7 Å². The number of hydrogen-bond donors (Lipinski definition) is 0. The second-order valence-corrected chi connectivity index (χ2v) is 6.05. The van der Waals surface area contributed by atoms with Crippen molar-refractivity contribution in [3.8, 4) is 0 Å². The fourth-order valence-corrected chi connectivity index (χ4v) is 2.78. The highest BCUT2D eigenvalue weighted by atomic mass is 32.2. The average molecular weight is 314 g/mol. The number of unbranched alkanes of at least 4 members (excludes halogenated alkanes) is 2. The molecule has 1 unspecified atom stereocenters. The van der Waals surface area contributed by atoms with Gasteiger partial charge in [0.1, 0.15) is 5.25 Å². The van der Waals surface area contributed by atoms with Gasteiger partial charge in [-0.05, 0) is 25.0 Å². The summed E-state index contributed by atoms with van der Waals surface area (Å²) in [5, 5.41) is -0.318. The van der Waals surface area contributed by atoms with E-state index in [-0.39, 0.29) is 17.6 Å². The van der Waals surface area contributed by atoms with Gasteiger partial charge in [-0.15, -0.1) is 11.8 Å². The molecule has 0 N–H and O–H groups in total. The molecular formula is C14H25F3O2S. The summed E-state index contributed by atoms with van der Waals surface area (Å²) in [5.41, 5.74) is 0. The lowest BCUT2D eigenvalue weighted by molar-refractivity contribution is -0.143. The summed E-state index contributed by atoms with van der Waals surface area (Å²) in [6.45, 7) is 4.36. The van der Waals surface area contributed by atoms with Crippen LogP contribution in [0.5, 0.6) is 0 Å². The van der Waals surface area contributed by atoms with Crippen LogP contribution < -0.4 is 0 Å². The van der Waals surface area contributed by atoms with E-state index in [0.717, 1.165) is 25.7 Å². The fraction of sp³-hybridized carbons (Fsp3) is 0.929. The van der Waals surface area contributed by atoms with E-state index < -0.39 is 12.6 Å². The lowest BCUT2D eigenvalue weighted by Gasteiger charge is -2.15. The molecule has 0 radical (unpaired) electrons. The Balaban J connectivity index is 4.06. The molecule has 0 aliphatic carbocycles. The van der Waals surface area contributed by atoms with Crippen molar-refractivity contribution in [1.29, 1.82) is 0 Å². The number of halogens is 3. The number of carbonyl (C=O) groups excluding carboxylic acids is 1. The van der Waals surface area contributed by atoms with E-state index in [9.17, 15) is 18.0 Å². The standard InChI is InChI=1S/C14H25F3O2S/c1-3-5-6-8-12(13(18)19-10-4-2)20-11-7-9-14(15,16)17/h12H,3-11H2,1-2H3. The highest BCUT2D eigenvalue weighted by molar-refractivity contribution is 8.00. The summed E-state index contributed by atoms with van der Waals surface area (Å²) in [7, 11) is 0. The van der Waals surface area contributed by atoms with Crippen molar-refractivity contribution >= 4 is 17.7 Å². The Bertz CT molecular complexity index is 257. The van der Waals surface area contributed by atoms with Crippen molar-refractivity contribution in [2.75, 3.05) is 12.4 Å². The lowest BCUT2D eigenvalue weighted by Crippen LogP contribution is -2.21. The quantitative estimate of drug-likeness (QED) is 0.398. The minimum atomic E-state index is -4.11. The lowest BCUT2D eigenvalue weighted by atomic mass is 10.1. The second kappa shape index (κ2) is 11.3. The molecule has 120 valence electrons. The van der Waals surface area contributed by atoms with Crippen LogP contribution in [0, 0.1) is 0 Å². The van der Waals surface area contributed by atoms with Crippen LogP contribution >= 0.6 is 11.8 Å². The number of thioether (sulfide) groups is 1. The number of carbonyl (C=O) groups is 1. The smallest absolute Gasteiger partial charge is 0.389 e. The first-order valence-corrected chi connectivity index (χ1v) is 8.30. The normalized spacial score (nSPS) is 13.2. The largest absolute Gasteiger partial charge is 0.465 e. The van der Waals surface area contributed by atoms with Crippen molar-refractivity contribution in [2.24, 2.45) is 0 Å². The van der Waals surface area contributed by atoms with Gasteiger partial charge in [0.15, 0.2) is 0 Å². The third-order valence-corrected chi connectivity index (χ3v) is 4.06. The van der Waals surface area contributed by atoms with Crippen LogP contribution in [0.3, 0.4) is 0 Å². The van der Waals surface area contributed by atoms with Crippen LogP contribution in [-0.2, 0) is 9.53 Å². The Morgan fingerprint density at radius 2 is 1.85 bits per heavy atom. The Labute approximate surface area is 123 Å². The molecule has 0 heterocycles. The van der Waals surface area contributed by atoms with E-state index >= 15 is 0 Å². The highest BCUT2D eigenvalue weighted by Gasteiger charge is 2.27. The van der Waals surface area contributed by atoms with Gasteiger partial charge in [0.25, 0.3) is 0 Å². The average Bonchev–Trinajstić information content (AvgIpc) is 2.37. The fourth-order valence-electron chi connectivity index (χ4n) is 1.64. The summed E-state index contributed by atoms with van der Waals surface area (Å²) in [6.07, 6.45) is -0.407. The Morgan fingerprint density at radius 3 is 2.40 bits per heavy atom. The van der Waals surface area contributed by atoms with Gasteiger partial charge >= 0.3 is 12.1 Å². The molecule has 0 saturated carbocycles. The minimum Gasteiger partial charge on any atom is -0.465 e. The summed E-state index contributed by atoms with van der Waals surface area (Å²) in [5.74, 6) is 0.0670. The summed E-state index contributed by atoms with van der Waals surface area (Å²) >= 11 is 1.30. The SMILES string of the molecule is CCCCCC(SCCCC(F)(F)F)C(=O)OCCC. The van der Waals surface area contributed by atoms with Gasteiger partial charge in [-0.3, -0.25) is 4.79 Å². The summed E-state index contributed by atoms with van der Waals surface area (Å²) in [4.78, 5) is 11.8. The molecule has 0 saturated heterocycles. The van der Waals surface area contributed by atoms with Crippen LogP contribution in [-0.4, -0.2) is 29.8 Å². The van der Waals surface area contributed by atoms with E-state index in [2.05, 4.69) is 6.92 Å². The van der Waals surface area contributed by atoms with E-state index in [1.165, 1.54) is 11.8 Å². The number of alkyl halides is 3. The molecule has 0 rings (SSSR count). The Kier molecular flexibility index (Phi) is 11.1. The first kappa shape index (κ1) is 19.6. The van der Waals surface area contributed by atoms with E-state index in [1.54, 1.807) is 0 Å². The number of rotatable bonds is 11. The maximum Gasteiger partial charge on any atom is 0.389 e. The maximum atomic E-state index is 12.1. The molecule has 0 fully saturated rings. The predicted octanol–water partition coefficient (Wildman–Crippen LogP) is 4.96. The van der Waals surface area contributed by atoms with Crippen LogP contribution in [0.15, 0.2) is 0 Å². The zero-order valence-electron chi connectivity index (χ0n) is 12.3. The molecule has 0 aliphatic rings. The molecule has 0 bridgehead atoms. The molecule has 0 spiro atoms. The van der Waals surface area contributed by atoms with Gasteiger partial charge < -0.3 is 4.74 Å². The summed E-state index contributed by atoms with van der Waals surface area (Å²) in [6, 6.07) is 0. The molecular weight excluding hydrogens is 289 g/mol. The van der Waals surface area contributed by atoms with Gasteiger partial charge in [0.2, 0.25) is 0 Å². The molecule has 0 aromatic carbocycles. The number of esters is 1. The van der Waals surface area contributed by atoms with Gasteiger partial charge in [0, 0.05) is 6.42 Å². The third kappa shape index (κ3) is 11.4. The van der Waals surface area contributed by atoms with Gasteiger partial charge in [-0.2, -0.15) is 13.2 Å². The molecule has 2 nitrogen and oxygen atoms in total. The Hall–Kier alpha value is -0.390. The number of ether oxygens (including phenoxy) is 1. The third-order valence-electron chi connectivity index (χ3n) is 2.70. The summed E-state index contributed by atoms with van der Waals surface area (Å²) < 4.78 is 41.3. The zero-order valence-corrected chi connectivity index (χ0v) is 13.1. The molecule has 0 aromatic heterocycles. The Morgan fingerprint density at radius 1 is 1.15 bits per heavy atom. The molecule has 0 amide bonds. The zero-order chi connectivity index (χ0) is 15.4. The van der Waals surface area contributed by atoms with Crippen molar-refractivity contribution in [3.63, 3.8) is 0 Å². The minimum absolute atomic E-state index is 0.0551. The topological polar surface area (TPSA) is 26.3 Å². The monoisotopic (exact) mass is 314 g/mol. The number of hydrogen-bond acceptors (Lipinski definition) is 3. The highest BCUT2D eigenvalue weighted by Crippen LogP contribution is 2.25. The molecule has 20 heavy (non-hydrogen) atoms. The first-order chi connectivity index (χ1) is 9.40. The second-order valence-electron chi connectivity index (χ2n) is 4.74. The van der Waals surface area contributed by atoms with Crippen LogP contribution in [0.4, 0.5) is 13.2 Å². The van der Waals surface area contributed by atoms with Gasteiger partial charge in [-0.25, -0.2) is 0 Å². The maximum absolute atomic E-state index is 12.1. The van der Waals surface area contributed by atoms with E-state index in [1.807, 2.05) is 6.92 Å². The van der Waals surface area contributed by atoms with Gasteiger partial charge in [-0.1, -0.05) is 33.1 Å². The molecule has 0 aromatic rings. The molecule has 6 heteroatoms. The van der Waals surface area contributed by atoms with Crippen molar-refractivity contribution in [3.05, 3.63) is 0 Å². The van der Waals surface area contributed by atoms with Crippen LogP contribution in [0.2, 0.25) is 0 Å². The van der Waals surface area contributed by atoms with Crippen LogP contribution in [0.1, 0.15) is 58.8 Å². The van der Waals surface area contributed by atoms with Crippen molar-refractivity contribution in [2.45, 2.75) is 70.2 Å². The molecule has 1 atom stereocenters. The first-order valence-electron chi connectivity index (χ1n) is 7.25. The van der Waals surface area contributed by atoms with Gasteiger partial charge in [0.05, 0.1) is 6.61 Å². The van der Waals surface area contributed by atoms with E-state index in [0.29, 0.717) is 18.8 Å².